The van der Waals surface area contributed by atoms with Crippen LogP contribution in [0.5, 0.6) is 0 Å². The number of benzene rings is 1. The minimum Gasteiger partial charge on any atom is -0.370 e. The van der Waals surface area contributed by atoms with Gasteiger partial charge in [0, 0.05) is 16.0 Å². The molecule has 2 aromatic rings. The fourth-order valence-electron chi connectivity index (χ4n) is 2.48. The summed E-state index contributed by atoms with van der Waals surface area (Å²) in [4.78, 5) is 12.8. The Labute approximate surface area is 158 Å². The summed E-state index contributed by atoms with van der Waals surface area (Å²) in [5, 5.41) is 3.64. The van der Waals surface area contributed by atoms with Gasteiger partial charge in [-0.1, -0.05) is 21.1 Å². The topological polar surface area (TPSA) is 52.3 Å². The smallest absolute Gasteiger partial charge is 0.370 e. The van der Waals surface area contributed by atoms with Crippen LogP contribution in [0, 0.1) is 0 Å². The van der Waals surface area contributed by atoms with Gasteiger partial charge in [0.25, 0.3) is 0 Å². The molecule has 1 aliphatic rings. The Morgan fingerprint density at radius 1 is 1.22 bits per heavy atom. The summed E-state index contributed by atoms with van der Waals surface area (Å²) in [6, 6.07) is 4.44. The highest BCUT2D eigenvalue weighted by Crippen LogP contribution is 2.42. The van der Waals surface area contributed by atoms with Crippen molar-refractivity contribution in [1.82, 2.24) is 5.16 Å². The molecule has 0 N–H and O–H groups in total. The third kappa shape index (κ3) is 4.37. The third-order valence-corrected chi connectivity index (χ3v) is 4.55. The van der Waals surface area contributed by atoms with Crippen LogP contribution in [-0.4, -0.2) is 29.6 Å². The molecule has 1 aliphatic carbocycles. The van der Waals surface area contributed by atoms with E-state index in [0.717, 1.165) is 12.8 Å². The second-order valence-electron chi connectivity index (χ2n) is 6.20. The van der Waals surface area contributed by atoms with Crippen LogP contribution in [0.2, 0.25) is 0 Å². The highest BCUT2D eigenvalue weighted by Gasteiger charge is 2.57. The lowest BCUT2D eigenvalue weighted by Crippen LogP contribution is -2.40. The zero-order valence-electron chi connectivity index (χ0n) is 13.7. The molecule has 1 heterocycles. The Bertz CT molecular complexity index is 845. The van der Waals surface area contributed by atoms with E-state index in [0.29, 0.717) is 10.2 Å². The summed E-state index contributed by atoms with van der Waals surface area (Å²) in [6.07, 6.45) is -2.68. The first kappa shape index (κ1) is 19.9. The van der Waals surface area contributed by atoms with Crippen molar-refractivity contribution in [3.63, 3.8) is 0 Å². The van der Waals surface area contributed by atoms with Gasteiger partial charge in [0.2, 0.25) is 0 Å². The Kier molecular flexibility index (Phi) is 5.40. The molecule has 1 fully saturated rings. The number of ketones is 1. The number of hydrogen-bond acceptors (Lipinski definition) is 4. The van der Waals surface area contributed by atoms with E-state index in [1.54, 1.807) is 6.07 Å². The number of carbonyl (C=O) groups is 1. The van der Waals surface area contributed by atoms with Crippen molar-refractivity contribution >= 4 is 21.7 Å². The number of hydrogen-bond donors (Lipinski definition) is 0. The Hall–Kier alpha value is -1.81. The molecule has 0 atom stereocenters. The van der Waals surface area contributed by atoms with Gasteiger partial charge in [0.1, 0.15) is 6.61 Å². The largest absolute Gasteiger partial charge is 0.455 e. The van der Waals surface area contributed by atoms with E-state index in [2.05, 4.69) is 25.8 Å². The molecule has 1 aromatic carbocycles. The molecule has 1 saturated carbocycles. The van der Waals surface area contributed by atoms with Crippen molar-refractivity contribution in [2.24, 2.45) is 0 Å². The first-order valence-electron chi connectivity index (χ1n) is 7.90. The molecule has 0 bridgehead atoms. The molecule has 0 saturated heterocycles. The van der Waals surface area contributed by atoms with E-state index >= 15 is 0 Å². The van der Waals surface area contributed by atoms with Gasteiger partial charge in [-0.05, 0) is 36.6 Å². The monoisotopic (exact) mass is 453 g/mol. The summed E-state index contributed by atoms with van der Waals surface area (Å²) in [7, 11) is 0. The maximum atomic E-state index is 13.0. The third-order valence-electron chi connectivity index (χ3n) is 4.06. The molecule has 4 nitrogen and oxygen atoms in total. The molecule has 1 aromatic heterocycles. The Morgan fingerprint density at radius 2 is 1.93 bits per heavy atom. The highest BCUT2D eigenvalue weighted by molar-refractivity contribution is 9.10. The summed E-state index contributed by atoms with van der Waals surface area (Å²) >= 11 is 3.18. The number of ether oxygens (including phenoxy) is 1. The van der Waals surface area contributed by atoms with E-state index in [-0.39, 0.29) is 22.6 Å². The van der Waals surface area contributed by atoms with E-state index < -0.39 is 31.1 Å². The van der Waals surface area contributed by atoms with E-state index in [1.807, 2.05) is 0 Å². The van der Waals surface area contributed by atoms with Crippen LogP contribution in [0.3, 0.4) is 0 Å². The second-order valence-corrected chi connectivity index (χ2v) is 7.12. The van der Waals surface area contributed by atoms with Crippen LogP contribution in [0.1, 0.15) is 46.0 Å². The molecule has 0 unspecified atom stereocenters. The zero-order valence-corrected chi connectivity index (χ0v) is 15.2. The van der Waals surface area contributed by atoms with Crippen molar-refractivity contribution in [1.29, 1.82) is 0 Å². The van der Waals surface area contributed by atoms with Gasteiger partial charge in [-0.15, -0.1) is 0 Å². The molecule has 0 aliphatic heterocycles. The van der Waals surface area contributed by atoms with Gasteiger partial charge < -0.3 is 9.26 Å². The standard InChI is InChI=1S/C17H13BrF5NO3/c18-11-3-4-12(14(25)13-6-24-27-15(13)9-1-2-9)10(5-11)7-26-8-16(19,20)17(21,22)23/h3-6,9H,1-2,7-8H2. The average Bonchev–Trinajstić information content (AvgIpc) is 3.30. The van der Waals surface area contributed by atoms with Crippen molar-refractivity contribution in [2.45, 2.75) is 37.5 Å². The average molecular weight is 454 g/mol. The number of aromatic nitrogens is 1. The number of rotatable bonds is 7. The lowest BCUT2D eigenvalue weighted by molar-refractivity contribution is -0.297. The first-order chi connectivity index (χ1) is 12.6. The number of nitrogens with zero attached hydrogens (tertiary/aromatic N) is 1. The summed E-state index contributed by atoms with van der Waals surface area (Å²) in [6.45, 7) is -2.42. The molecular weight excluding hydrogens is 441 g/mol. The molecule has 0 radical (unpaired) electrons. The van der Waals surface area contributed by atoms with E-state index in [1.165, 1.54) is 18.3 Å². The molecule has 27 heavy (non-hydrogen) atoms. The van der Waals surface area contributed by atoms with E-state index in [4.69, 9.17) is 4.52 Å². The highest BCUT2D eigenvalue weighted by atomic mass is 79.9. The van der Waals surface area contributed by atoms with Gasteiger partial charge in [-0.3, -0.25) is 4.79 Å². The summed E-state index contributed by atoms with van der Waals surface area (Å²) in [5.74, 6) is -4.85. The SMILES string of the molecule is O=C(c1ccc(Br)cc1COCC(F)(F)C(F)(F)F)c1cnoc1C1CC1. The number of carbonyl (C=O) groups excluding carboxylic acids is 1. The first-order valence-corrected chi connectivity index (χ1v) is 8.69. The molecule has 0 amide bonds. The van der Waals surface area contributed by atoms with Crippen LogP contribution in [0.15, 0.2) is 33.4 Å². The van der Waals surface area contributed by atoms with Gasteiger partial charge in [0.05, 0.1) is 18.4 Å². The zero-order chi connectivity index (χ0) is 19.8. The van der Waals surface area contributed by atoms with Gasteiger partial charge in [-0.25, -0.2) is 0 Å². The molecule has 10 heteroatoms. The van der Waals surface area contributed by atoms with E-state index in [9.17, 15) is 26.7 Å². The number of alkyl halides is 5. The van der Waals surface area contributed by atoms with Crippen LogP contribution < -0.4 is 0 Å². The van der Waals surface area contributed by atoms with Gasteiger partial charge >= 0.3 is 12.1 Å². The van der Waals surface area contributed by atoms with Crippen molar-refractivity contribution < 1.29 is 36.0 Å². The van der Waals surface area contributed by atoms with Crippen LogP contribution >= 0.6 is 15.9 Å². The lowest BCUT2D eigenvalue weighted by atomic mass is 9.98. The fourth-order valence-corrected chi connectivity index (χ4v) is 2.89. The van der Waals surface area contributed by atoms with Gasteiger partial charge in [0.15, 0.2) is 11.5 Å². The lowest BCUT2D eigenvalue weighted by Gasteiger charge is -2.19. The van der Waals surface area contributed by atoms with Crippen molar-refractivity contribution in [3.05, 3.63) is 51.3 Å². The predicted octanol–water partition coefficient (Wildman–Crippen LogP) is 5.26. The molecule has 146 valence electrons. The molecular formula is C17H13BrF5NO3. The van der Waals surface area contributed by atoms with Crippen molar-refractivity contribution in [3.8, 4) is 0 Å². The predicted molar refractivity (Wildman–Crippen MR) is 86.7 cm³/mol. The molecule has 0 spiro atoms. The Balaban J connectivity index is 1.79. The van der Waals surface area contributed by atoms with Crippen LogP contribution in [-0.2, 0) is 11.3 Å². The number of halogens is 6. The van der Waals surface area contributed by atoms with Crippen LogP contribution in [0.4, 0.5) is 22.0 Å². The normalized spacial score (nSPS) is 15.2. The maximum Gasteiger partial charge on any atom is 0.455 e. The maximum absolute atomic E-state index is 13.0. The summed E-state index contributed by atoms with van der Waals surface area (Å²) in [5.41, 5.74) is 0.551. The quantitative estimate of drug-likeness (QED) is 0.423. The minimum atomic E-state index is -5.70. The summed E-state index contributed by atoms with van der Waals surface area (Å²) < 4.78 is 72.9. The van der Waals surface area contributed by atoms with Gasteiger partial charge in [-0.2, -0.15) is 22.0 Å². The second kappa shape index (κ2) is 7.31. The van der Waals surface area contributed by atoms with Crippen molar-refractivity contribution in [2.75, 3.05) is 6.61 Å². The fraction of sp³-hybridized carbons (Fsp3) is 0.412. The van der Waals surface area contributed by atoms with Crippen LogP contribution in [0.25, 0.3) is 0 Å². The minimum absolute atomic E-state index is 0.118. The Morgan fingerprint density at radius 3 is 2.56 bits per heavy atom. The molecule has 3 rings (SSSR count).